The second kappa shape index (κ2) is 4.27. The highest BCUT2D eigenvalue weighted by Gasteiger charge is 2.45. The molecule has 0 fully saturated rings. The van der Waals surface area contributed by atoms with Gasteiger partial charge in [0, 0.05) is 16.8 Å². The Morgan fingerprint density at radius 2 is 1.50 bits per heavy atom. The summed E-state index contributed by atoms with van der Waals surface area (Å²) >= 11 is 0. The van der Waals surface area contributed by atoms with E-state index in [1.54, 1.807) is 0 Å². The second-order valence-corrected chi connectivity index (χ2v) is 6.25. The van der Waals surface area contributed by atoms with E-state index in [1.165, 1.54) is 16.7 Å². The SMILES string of the molecule is CC1c2cc(N)ccc2C(C)(c2ccc(N)cc2)C1C. The van der Waals surface area contributed by atoms with Crippen LogP contribution in [0.4, 0.5) is 11.4 Å². The molecule has 3 atom stereocenters. The van der Waals surface area contributed by atoms with Crippen molar-refractivity contribution in [3.05, 3.63) is 59.2 Å². The Bertz CT molecular complexity index is 645. The van der Waals surface area contributed by atoms with Crippen LogP contribution in [0, 0.1) is 5.92 Å². The summed E-state index contributed by atoms with van der Waals surface area (Å²) in [5.41, 5.74) is 17.6. The molecule has 1 aliphatic carbocycles. The van der Waals surface area contributed by atoms with Crippen LogP contribution in [0.5, 0.6) is 0 Å². The van der Waals surface area contributed by atoms with Crippen LogP contribution in [-0.4, -0.2) is 0 Å². The number of hydrogen-bond acceptors (Lipinski definition) is 2. The van der Waals surface area contributed by atoms with Crippen LogP contribution in [0.2, 0.25) is 0 Å². The highest BCUT2D eigenvalue weighted by atomic mass is 14.6. The third-order valence-corrected chi connectivity index (χ3v) is 5.30. The summed E-state index contributed by atoms with van der Waals surface area (Å²) in [6.07, 6.45) is 0. The van der Waals surface area contributed by atoms with Gasteiger partial charge in [-0.3, -0.25) is 0 Å². The zero-order valence-corrected chi connectivity index (χ0v) is 12.4. The van der Waals surface area contributed by atoms with Crippen LogP contribution in [-0.2, 0) is 5.41 Å². The average Bonchev–Trinajstić information content (AvgIpc) is 2.62. The Morgan fingerprint density at radius 3 is 2.15 bits per heavy atom. The van der Waals surface area contributed by atoms with Gasteiger partial charge in [-0.25, -0.2) is 0 Å². The van der Waals surface area contributed by atoms with Gasteiger partial charge in [-0.1, -0.05) is 39.0 Å². The fourth-order valence-corrected chi connectivity index (χ4v) is 3.69. The van der Waals surface area contributed by atoms with Gasteiger partial charge in [0.05, 0.1) is 0 Å². The molecule has 2 heteroatoms. The summed E-state index contributed by atoms with van der Waals surface area (Å²) < 4.78 is 0. The van der Waals surface area contributed by atoms with Crippen molar-refractivity contribution in [1.29, 1.82) is 0 Å². The van der Waals surface area contributed by atoms with Crippen LogP contribution in [0.1, 0.15) is 43.4 Å². The number of nitrogen functional groups attached to an aromatic ring is 2. The summed E-state index contributed by atoms with van der Waals surface area (Å²) in [5, 5.41) is 0. The van der Waals surface area contributed by atoms with Gasteiger partial charge in [0.25, 0.3) is 0 Å². The fourth-order valence-electron chi connectivity index (χ4n) is 3.69. The molecule has 0 saturated carbocycles. The second-order valence-electron chi connectivity index (χ2n) is 6.25. The number of fused-ring (bicyclic) bond motifs is 1. The number of rotatable bonds is 1. The maximum Gasteiger partial charge on any atom is 0.0317 e. The van der Waals surface area contributed by atoms with Crippen LogP contribution in [0.25, 0.3) is 0 Å². The first kappa shape index (κ1) is 13.0. The molecule has 0 bridgehead atoms. The van der Waals surface area contributed by atoms with E-state index in [0.717, 1.165) is 11.4 Å². The van der Waals surface area contributed by atoms with Gasteiger partial charge in [-0.15, -0.1) is 0 Å². The van der Waals surface area contributed by atoms with Gasteiger partial charge < -0.3 is 11.5 Å². The van der Waals surface area contributed by atoms with E-state index in [0.29, 0.717) is 11.8 Å². The Balaban J connectivity index is 2.21. The molecule has 0 amide bonds. The summed E-state index contributed by atoms with van der Waals surface area (Å²) in [6, 6.07) is 14.6. The van der Waals surface area contributed by atoms with Gasteiger partial charge in [0.15, 0.2) is 0 Å². The summed E-state index contributed by atoms with van der Waals surface area (Å²) in [4.78, 5) is 0. The van der Waals surface area contributed by atoms with E-state index >= 15 is 0 Å². The maximum absolute atomic E-state index is 5.97. The Labute approximate surface area is 120 Å². The van der Waals surface area contributed by atoms with Gasteiger partial charge >= 0.3 is 0 Å². The van der Waals surface area contributed by atoms with Crippen molar-refractivity contribution in [1.82, 2.24) is 0 Å². The predicted octanol–water partition coefficient (Wildman–Crippen LogP) is 3.91. The number of hydrogen-bond donors (Lipinski definition) is 2. The molecule has 2 aromatic rings. The van der Waals surface area contributed by atoms with E-state index in [-0.39, 0.29) is 5.41 Å². The summed E-state index contributed by atoms with van der Waals surface area (Å²) in [6.45, 7) is 6.96. The molecule has 2 aromatic carbocycles. The number of nitrogens with two attached hydrogens (primary N) is 2. The smallest absolute Gasteiger partial charge is 0.0317 e. The van der Waals surface area contributed by atoms with Gasteiger partial charge in [-0.2, -0.15) is 0 Å². The lowest BCUT2D eigenvalue weighted by molar-refractivity contribution is 0.369. The molecule has 4 N–H and O–H groups in total. The molecule has 1 aliphatic rings. The van der Waals surface area contributed by atoms with Gasteiger partial charge in [-0.05, 0) is 52.8 Å². The first-order chi connectivity index (χ1) is 9.44. The molecule has 0 radical (unpaired) electrons. The van der Waals surface area contributed by atoms with Crippen LogP contribution in [0.3, 0.4) is 0 Å². The zero-order valence-electron chi connectivity index (χ0n) is 12.4. The first-order valence-electron chi connectivity index (χ1n) is 7.20. The highest BCUT2D eigenvalue weighted by Crippen LogP contribution is 2.54. The van der Waals surface area contributed by atoms with Crippen molar-refractivity contribution in [2.75, 3.05) is 11.5 Å². The Morgan fingerprint density at radius 1 is 0.900 bits per heavy atom. The summed E-state index contributed by atoms with van der Waals surface area (Å²) in [5.74, 6) is 1.04. The molecular formula is C18H22N2. The Kier molecular flexibility index (Phi) is 2.79. The molecule has 3 rings (SSSR count). The topological polar surface area (TPSA) is 52.0 Å². The highest BCUT2D eigenvalue weighted by molar-refractivity contribution is 5.57. The van der Waals surface area contributed by atoms with Crippen molar-refractivity contribution in [2.24, 2.45) is 5.92 Å². The van der Waals surface area contributed by atoms with Gasteiger partial charge in [0.2, 0.25) is 0 Å². The molecule has 0 saturated heterocycles. The lowest BCUT2D eigenvalue weighted by atomic mass is 9.70. The molecule has 0 aromatic heterocycles. The molecule has 2 nitrogen and oxygen atoms in total. The molecule has 0 spiro atoms. The van der Waals surface area contributed by atoms with Crippen LogP contribution < -0.4 is 11.5 Å². The van der Waals surface area contributed by atoms with Crippen molar-refractivity contribution in [3.63, 3.8) is 0 Å². The van der Waals surface area contributed by atoms with Crippen molar-refractivity contribution >= 4 is 11.4 Å². The third kappa shape index (κ3) is 1.64. The largest absolute Gasteiger partial charge is 0.399 e. The molecule has 0 heterocycles. The van der Waals surface area contributed by atoms with E-state index in [1.807, 2.05) is 18.2 Å². The lowest BCUT2D eigenvalue weighted by Gasteiger charge is -2.33. The molecule has 104 valence electrons. The predicted molar refractivity (Wildman–Crippen MR) is 85.7 cm³/mol. The minimum absolute atomic E-state index is 0.0240. The lowest BCUT2D eigenvalue weighted by Crippen LogP contribution is -2.28. The molecule has 3 unspecified atom stereocenters. The van der Waals surface area contributed by atoms with E-state index in [9.17, 15) is 0 Å². The van der Waals surface area contributed by atoms with Crippen molar-refractivity contribution in [3.8, 4) is 0 Å². The van der Waals surface area contributed by atoms with E-state index in [2.05, 4.69) is 45.0 Å². The zero-order chi connectivity index (χ0) is 14.5. The van der Waals surface area contributed by atoms with Crippen LogP contribution >= 0.6 is 0 Å². The molecular weight excluding hydrogens is 244 g/mol. The average molecular weight is 266 g/mol. The van der Waals surface area contributed by atoms with E-state index < -0.39 is 0 Å². The van der Waals surface area contributed by atoms with Crippen molar-refractivity contribution < 1.29 is 0 Å². The van der Waals surface area contributed by atoms with Crippen LogP contribution in [0.15, 0.2) is 42.5 Å². The number of anilines is 2. The fraction of sp³-hybridized carbons (Fsp3) is 0.333. The third-order valence-electron chi connectivity index (χ3n) is 5.30. The summed E-state index contributed by atoms with van der Waals surface area (Å²) in [7, 11) is 0. The van der Waals surface area contributed by atoms with E-state index in [4.69, 9.17) is 11.5 Å². The number of benzene rings is 2. The molecule has 20 heavy (non-hydrogen) atoms. The monoisotopic (exact) mass is 266 g/mol. The van der Waals surface area contributed by atoms with Crippen molar-refractivity contribution in [2.45, 2.75) is 32.1 Å². The minimum Gasteiger partial charge on any atom is -0.399 e. The molecule has 0 aliphatic heterocycles. The first-order valence-corrected chi connectivity index (χ1v) is 7.20. The Hall–Kier alpha value is -1.96. The normalized spacial score (nSPS) is 28.4. The minimum atomic E-state index is 0.0240. The quantitative estimate of drug-likeness (QED) is 0.769. The standard InChI is InChI=1S/C18H22N2/c1-11-12(2)18(3,13-4-6-14(19)7-5-13)17-9-8-15(20)10-16(11)17/h4-12H,19-20H2,1-3H3. The van der Waals surface area contributed by atoms with Gasteiger partial charge in [0.1, 0.15) is 0 Å². The maximum atomic E-state index is 5.97.